The zero-order valence-corrected chi connectivity index (χ0v) is 3.88. The van der Waals surface area contributed by atoms with Crippen LogP contribution in [0.4, 0.5) is 0 Å². The fourth-order valence-corrected chi connectivity index (χ4v) is 0. The normalized spacial score (nSPS) is 9.11. The Morgan fingerprint density at radius 3 is 1.56 bits per heavy atom. The molecule has 0 aliphatic rings. The maximum atomic E-state index is 9.45. The van der Waals surface area contributed by atoms with Gasteiger partial charge in [-0.3, -0.25) is 0 Å². The summed E-state index contributed by atoms with van der Waals surface area (Å²) in [5.41, 5.74) is 0. The number of carboxylic acid groups (broad SMARTS) is 1. The van der Waals surface area contributed by atoms with E-state index in [2.05, 4.69) is 0 Å². The van der Waals surface area contributed by atoms with E-state index in [-0.39, 0.29) is 81.0 Å². The molecular formula is C3H12Ca2O4. The summed E-state index contributed by atoms with van der Waals surface area (Å²) in [6, 6.07) is 0. The molecule has 0 saturated carbocycles. The molecule has 4 N–H and O–H groups in total. The topological polar surface area (TPSA) is 89.0 Å². The summed E-state index contributed by atoms with van der Waals surface area (Å²) in [5.74, 6) is -1.19. The van der Waals surface area contributed by atoms with Crippen molar-refractivity contribution < 1.29 is 20.5 Å². The second-order valence-electron chi connectivity index (χ2n) is 1.01. The van der Waals surface area contributed by atoms with E-state index in [1.165, 1.54) is 6.92 Å². The molecule has 0 radical (unpaired) electrons. The fraction of sp³-hybridized carbons (Fsp3) is 0.667. The molecule has 0 heterocycles. The van der Waals surface area contributed by atoms with E-state index < -0.39 is 12.1 Å². The Labute approximate surface area is 113 Å². The first-order valence-electron chi connectivity index (χ1n) is 1.55. The van der Waals surface area contributed by atoms with Crippen molar-refractivity contribution in [2.24, 2.45) is 0 Å². The molecule has 1 atom stereocenters. The van der Waals surface area contributed by atoms with E-state index in [1.807, 2.05) is 0 Å². The van der Waals surface area contributed by atoms with Crippen LogP contribution >= 0.6 is 0 Å². The van der Waals surface area contributed by atoms with Crippen LogP contribution in [0.3, 0.4) is 0 Å². The number of aliphatic hydroxyl groups is 1. The number of aliphatic carboxylic acids is 1. The molecule has 6 heteroatoms. The van der Waals surface area contributed by atoms with Crippen LogP contribution < -0.4 is 0 Å². The van der Waals surface area contributed by atoms with Crippen molar-refractivity contribution >= 4 is 81.4 Å². The number of hydrogen-bond donors (Lipinski definition) is 2. The van der Waals surface area contributed by atoms with Gasteiger partial charge in [0.1, 0.15) is 6.10 Å². The molecule has 0 saturated heterocycles. The molecule has 0 fully saturated rings. The molecule has 4 nitrogen and oxygen atoms in total. The van der Waals surface area contributed by atoms with Gasteiger partial charge in [-0.05, 0) is 6.92 Å². The summed E-state index contributed by atoms with van der Waals surface area (Å²) in [6.07, 6.45) is -1.23. The number of carboxylic acids is 1. The Hall–Kier alpha value is 1.91. The average Bonchev–Trinajstić information content (AvgIpc) is 1.36. The van der Waals surface area contributed by atoms with Gasteiger partial charge in [0.25, 0.3) is 0 Å². The molecule has 0 rings (SSSR count). The molecule has 1 unspecified atom stereocenters. The second kappa shape index (κ2) is 12.6. The predicted octanol–water partition coefficient (Wildman–Crippen LogP) is -3.21. The van der Waals surface area contributed by atoms with Crippen LogP contribution in [-0.2, 0) is 4.79 Å². The molecule has 0 aliphatic heterocycles. The number of rotatable bonds is 1. The Bertz CT molecular complexity index is 64.8. The van der Waals surface area contributed by atoms with Crippen molar-refractivity contribution in [3.05, 3.63) is 0 Å². The van der Waals surface area contributed by atoms with Gasteiger partial charge in [-0.15, -0.1) is 0 Å². The third-order valence-corrected chi connectivity index (χ3v) is 0.357. The average molecular weight is 192 g/mol. The molecule has 0 spiro atoms. The summed E-state index contributed by atoms with van der Waals surface area (Å²) in [7, 11) is 0. The molecule has 9 heavy (non-hydrogen) atoms. The molecule has 0 aliphatic carbocycles. The van der Waals surface area contributed by atoms with Gasteiger partial charge in [0.15, 0.2) is 0 Å². The SMILES string of the molecule is CC(O)C(=O)O.O.[CaH2].[CaH2]. The van der Waals surface area contributed by atoms with Crippen LogP contribution in [-0.4, -0.2) is 103 Å². The van der Waals surface area contributed by atoms with Crippen LogP contribution in [0.5, 0.6) is 0 Å². The first-order valence-corrected chi connectivity index (χ1v) is 1.55. The van der Waals surface area contributed by atoms with E-state index in [0.29, 0.717) is 0 Å². The zero-order chi connectivity index (χ0) is 5.15. The van der Waals surface area contributed by atoms with Crippen molar-refractivity contribution in [2.45, 2.75) is 13.0 Å². The standard InChI is InChI=1S/C3H6O3.2Ca.H2O.4H/c1-2(4)3(5)6;;;;;;;/h2,4H,1H3,(H,5,6);;;1H2;;;;. The zero-order valence-electron chi connectivity index (χ0n) is 3.88. The minimum atomic E-state index is -1.23. The third-order valence-electron chi connectivity index (χ3n) is 0.357. The number of carbonyl (C=O) groups is 1. The van der Waals surface area contributed by atoms with Crippen molar-refractivity contribution in [1.82, 2.24) is 0 Å². The van der Waals surface area contributed by atoms with Gasteiger partial charge in [0.05, 0.1) is 0 Å². The number of hydrogen-bond acceptors (Lipinski definition) is 2. The van der Waals surface area contributed by atoms with Gasteiger partial charge in [0.2, 0.25) is 0 Å². The van der Waals surface area contributed by atoms with Crippen LogP contribution in [0, 0.1) is 0 Å². The van der Waals surface area contributed by atoms with E-state index >= 15 is 0 Å². The van der Waals surface area contributed by atoms with Gasteiger partial charge in [-0.25, -0.2) is 4.79 Å². The summed E-state index contributed by atoms with van der Waals surface area (Å²) < 4.78 is 0. The Morgan fingerprint density at radius 1 is 1.44 bits per heavy atom. The van der Waals surface area contributed by atoms with Crippen LogP contribution in [0.1, 0.15) is 6.92 Å². The van der Waals surface area contributed by atoms with E-state index in [1.54, 1.807) is 0 Å². The first-order chi connectivity index (χ1) is 2.64. The predicted molar refractivity (Wildman–Crippen MR) is 40.0 cm³/mol. The van der Waals surface area contributed by atoms with Crippen molar-refractivity contribution in [3.8, 4) is 0 Å². The molecule has 0 aromatic carbocycles. The summed E-state index contributed by atoms with van der Waals surface area (Å²) in [6.45, 7) is 1.20. The molecule has 0 aromatic rings. The van der Waals surface area contributed by atoms with Gasteiger partial charge < -0.3 is 15.7 Å². The van der Waals surface area contributed by atoms with Gasteiger partial charge in [-0.2, -0.15) is 0 Å². The van der Waals surface area contributed by atoms with E-state index in [4.69, 9.17) is 10.2 Å². The Kier molecular flexibility index (Phi) is 31.3. The van der Waals surface area contributed by atoms with Crippen molar-refractivity contribution in [1.29, 1.82) is 0 Å². The fourth-order valence-electron chi connectivity index (χ4n) is 0. The minimum absolute atomic E-state index is 0. The van der Waals surface area contributed by atoms with Gasteiger partial charge in [-0.1, -0.05) is 0 Å². The van der Waals surface area contributed by atoms with Gasteiger partial charge >= 0.3 is 81.4 Å². The second-order valence-corrected chi connectivity index (χ2v) is 1.01. The Morgan fingerprint density at radius 2 is 1.56 bits per heavy atom. The first kappa shape index (κ1) is 22.4. The van der Waals surface area contributed by atoms with Crippen LogP contribution in [0.2, 0.25) is 0 Å². The molecule has 0 amide bonds. The monoisotopic (exact) mass is 192 g/mol. The maximum absolute atomic E-state index is 9.45. The summed E-state index contributed by atoms with van der Waals surface area (Å²) in [4.78, 5) is 9.45. The van der Waals surface area contributed by atoms with Crippen LogP contribution in [0.15, 0.2) is 0 Å². The van der Waals surface area contributed by atoms with Crippen molar-refractivity contribution in [2.75, 3.05) is 0 Å². The molecule has 0 bridgehead atoms. The third kappa shape index (κ3) is 17.8. The van der Waals surface area contributed by atoms with Gasteiger partial charge in [0, 0.05) is 0 Å². The number of aliphatic hydroxyl groups excluding tert-OH is 1. The van der Waals surface area contributed by atoms with E-state index in [9.17, 15) is 4.79 Å². The van der Waals surface area contributed by atoms with E-state index in [0.717, 1.165) is 0 Å². The quantitative estimate of drug-likeness (QED) is 0.429. The summed E-state index contributed by atoms with van der Waals surface area (Å²) in [5, 5.41) is 15.8. The molecule has 0 aromatic heterocycles. The van der Waals surface area contributed by atoms with Crippen molar-refractivity contribution in [3.63, 3.8) is 0 Å². The van der Waals surface area contributed by atoms with Crippen LogP contribution in [0.25, 0.3) is 0 Å². The summed E-state index contributed by atoms with van der Waals surface area (Å²) >= 11 is 0. The molecule has 52 valence electrons. The Balaban J connectivity index is -0.0000000417. The molecular weight excluding hydrogens is 180 g/mol.